The Balaban J connectivity index is 1.80. The van der Waals surface area contributed by atoms with Crippen LogP contribution in [0.2, 0.25) is 0 Å². The first kappa shape index (κ1) is 15.3. The molecule has 1 atom stereocenters. The summed E-state index contributed by atoms with van der Waals surface area (Å²) in [5.41, 5.74) is 1.54. The number of carbonyl (C=O) groups excluding carboxylic acids is 1. The molecule has 0 saturated carbocycles. The van der Waals surface area contributed by atoms with Crippen LogP contribution in [0.1, 0.15) is 36.7 Å². The molecule has 1 aliphatic rings. The van der Waals surface area contributed by atoms with Gasteiger partial charge in [-0.3, -0.25) is 0 Å². The Morgan fingerprint density at radius 1 is 1.43 bits per heavy atom. The highest BCUT2D eigenvalue weighted by molar-refractivity contribution is 5.91. The number of urea groups is 1. The zero-order valence-corrected chi connectivity index (χ0v) is 13.4. The smallest absolute Gasteiger partial charge is 0.322 e. The Hall–Kier alpha value is -2.57. The topological polar surface area (TPSA) is 83.1 Å². The number of likely N-dealkylation sites (tertiary alicyclic amines) is 1. The summed E-state index contributed by atoms with van der Waals surface area (Å²) in [6, 6.07) is 1.68. The summed E-state index contributed by atoms with van der Waals surface area (Å²) in [6.07, 6.45) is 8.20. The van der Waals surface area contributed by atoms with E-state index in [2.05, 4.69) is 20.3 Å². The molecule has 0 aromatic carbocycles. The van der Waals surface area contributed by atoms with E-state index in [0.717, 1.165) is 30.7 Å². The maximum Gasteiger partial charge on any atom is 0.322 e. The molecule has 2 aromatic rings. The lowest BCUT2D eigenvalue weighted by molar-refractivity contribution is 0.159. The van der Waals surface area contributed by atoms with Gasteiger partial charge in [-0.15, -0.1) is 0 Å². The van der Waals surface area contributed by atoms with E-state index < -0.39 is 0 Å². The minimum absolute atomic E-state index is 0.0255. The van der Waals surface area contributed by atoms with Crippen molar-refractivity contribution in [3.05, 3.63) is 36.0 Å². The van der Waals surface area contributed by atoms with E-state index in [1.807, 2.05) is 17.9 Å². The quantitative estimate of drug-likeness (QED) is 0.912. The number of aryl methyl sites for hydroxylation is 1. The van der Waals surface area contributed by atoms with Gasteiger partial charge in [0, 0.05) is 25.1 Å². The molecule has 7 nitrogen and oxygen atoms in total. The number of H-pyrrole nitrogens is 1. The van der Waals surface area contributed by atoms with Crippen LogP contribution in [0.15, 0.2) is 24.7 Å². The molecule has 0 aliphatic carbocycles. The molecule has 0 spiro atoms. The fourth-order valence-corrected chi connectivity index (χ4v) is 2.91. The number of hydrogen-bond acceptors (Lipinski definition) is 4. The van der Waals surface area contributed by atoms with E-state index in [1.165, 1.54) is 0 Å². The number of rotatable bonds is 3. The molecule has 2 N–H and O–H groups in total. The van der Waals surface area contributed by atoms with Crippen LogP contribution in [0.5, 0.6) is 5.88 Å². The third-order valence-corrected chi connectivity index (χ3v) is 4.02. The van der Waals surface area contributed by atoms with Crippen molar-refractivity contribution < 1.29 is 9.53 Å². The molecule has 3 heterocycles. The van der Waals surface area contributed by atoms with Crippen LogP contribution >= 0.6 is 0 Å². The second-order valence-corrected chi connectivity index (χ2v) is 5.68. The molecule has 0 bridgehead atoms. The van der Waals surface area contributed by atoms with Crippen LogP contribution in [0.25, 0.3) is 0 Å². The highest BCUT2D eigenvalue weighted by atomic mass is 16.5. The lowest BCUT2D eigenvalue weighted by atomic mass is 10.0. The Kier molecular flexibility index (Phi) is 4.45. The number of ether oxygens (including phenoxy) is 1. The summed E-state index contributed by atoms with van der Waals surface area (Å²) < 4.78 is 5.22. The SMILES string of the molecule is COc1ncc(C)cc1NC(=O)N1CCCC[C@H]1c1ncc[nH]1. The second kappa shape index (κ2) is 6.68. The first-order valence-electron chi connectivity index (χ1n) is 7.76. The van der Waals surface area contributed by atoms with E-state index >= 15 is 0 Å². The molecule has 1 aliphatic heterocycles. The summed E-state index contributed by atoms with van der Waals surface area (Å²) in [6.45, 7) is 2.63. The van der Waals surface area contributed by atoms with Crippen LogP contribution < -0.4 is 10.1 Å². The minimum atomic E-state index is -0.156. The van der Waals surface area contributed by atoms with Crippen LogP contribution in [-0.2, 0) is 0 Å². The number of methoxy groups -OCH3 is 1. The van der Waals surface area contributed by atoms with Gasteiger partial charge < -0.3 is 19.9 Å². The van der Waals surface area contributed by atoms with Crippen molar-refractivity contribution >= 4 is 11.7 Å². The molecule has 0 radical (unpaired) electrons. The number of nitrogens with one attached hydrogen (secondary N) is 2. The van der Waals surface area contributed by atoms with Gasteiger partial charge >= 0.3 is 6.03 Å². The number of anilines is 1. The first-order valence-corrected chi connectivity index (χ1v) is 7.76. The third kappa shape index (κ3) is 3.28. The van der Waals surface area contributed by atoms with Crippen molar-refractivity contribution in [1.82, 2.24) is 19.9 Å². The van der Waals surface area contributed by atoms with Gasteiger partial charge in [-0.25, -0.2) is 14.8 Å². The number of carbonyl (C=O) groups is 1. The number of aromatic nitrogens is 3. The average molecular weight is 315 g/mol. The first-order chi connectivity index (χ1) is 11.2. The van der Waals surface area contributed by atoms with Gasteiger partial charge in [-0.05, 0) is 37.8 Å². The monoisotopic (exact) mass is 315 g/mol. The molecular weight excluding hydrogens is 294 g/mol. The minimum Gasteiger partial charge on any atom is -0.480 e. The summed E-state index contributed by atoms with van der Waals surface area (Å²) >= 11 is 0. The fraction of sp³-hybridized carbons (Fsp3) is 0.438. The van der Waals surface area contributed by atoms with E-state index in [0.29, 0.717) is 18.1 Å². The van der Waals surface area contributed by atoms with Crippen molar-refractivity contribution in [3.8, 4) is 5.88 Å². The Bertz CT molecular complexity index is 671. The van der Waals surface area contributed by atoms with E-state index in [-0.39, 0.29) is 12.1 Å². The summed E-state index contributed by atoms with van der Waals surface area (Å²) in [5.74, 6) is 1.24. The zero-order chi connectivity index (χ0) is 16.2. The molecule has 7 heteroatoms. The number of imidazole rings is 1. The van der Waals surface area contributed by atoms with Gasteiger partial charge in [0.2, 0.25) is 5.88 Å². The molecule has 1 fully saturated rings. The lowest BCUT2D eigenvalue weighted by Crippen LogP contribution is -2.41. The van der Waals surface area contributed by atoms with E-state index in [4.69, 9.17) is 4.74 Å². The van der Waals surface area contributed by atoms with Crippen LogP contribution in [0.3, 0.4) is 0 Å². The standard InChI is InChI=1S/C16H21N5O2/c1-11-9-12(15(23-2)19-10-11)20-16(22)21-8-4-3-5-13(21)14-17-6-7-18-14/h6-7,9-10,13H,3-5,8H2,1-2H3,(H,17,18)(H,20,22)/t13-/m0/s1. The second-order valence-electron chi connectivity index (χ2n) is 5.68. The molecule has 0 unspecified atom stereocenters. The van der Waals surface area contributed by atoms with Gasteiger partial charge in [0.1, 0.15) is 11.5 Å². The molecule has 2 aromatic heterocycles. The third-order valence-electron chi connectivity index (χ3n) is 4.02. The van der Waals surface area contributed by atoms with Gasteiger partial charge in [0.25, 0.3) is 0 Å². The number of hydrogen-bond donors (Lipinski definition) is 2. The van der Waals surface area contributed by atoms with Gasteiger partial charge in [-0.2, -0.15) is 0 Å². The summed E-state index contributed by atoms with van der Waals surface area (Å²) in [4.78, 5) is 26.2. The molecule has 2 amide bonds. The fourth-order valence-electron chi connectivity index (χ4n) is 2.91. The predicted octanol–water partition coefficient (Wildman–Crippen LogP) is 2.88. The molecule has 122 valence electrons. The Morgan fingerprint density at radius 3 is 3.04 bits per heavy atom. The highest BCUT2D eigenvalue weighted by Crippen LogP contribution is 2.30. The summed E-state index contributed by atoms with van der Waals surface area (Å²) in [5, 5.41) is 2.92. The number of aromatic amines is 1. The molecule has 23 heavy (non-hydrogen) atoms. The van der Waals surface area contributed by atoms with Crippen molar-refractivity contribution in [3.63, 3.8) is 0 Å². The summed E-state index contributed by atoms with van der Waals surface area (Å²) in [7, 11) is 1.54. The van der Waals surface area contributed by atoms with E-state index in [1.54, 1.807) is 25.7 Å². The van der Waals surface area contributed by atoms with Gasteiger partial charge in [-0.1, -0.05) is 0 Å². The number of amides is 2. The Morgan fingerprint density at radius 2 is 2.30 bits per heavy atom. The van der Waals surface area contributed by atoms with Gasteiger partial charge in [0.05, 0.1) is 13.2 Å². The number of nitrogens with zero attached hydrogens (tertiary/aromatic N) is 3. The molecule has 1 saturated heterocycles. The number of piperidine rings is 1. The van der Waals surface area contributed by atoms with Crippen molar-refractivity contribution in [2.75, 3.05) is 19.0 Å². The lowest BCUT2D eigenvalue weighted by Gasteiger charge is -2.34. The highest BCUT2D eigenvalue weighted by Gasteiger charge is 2.30. The van der Waals surface area contributed by atoms with Gasteiger partial charge in [0.15, 0.2) is 0 Å². The maximum atomic E-state index is 12.7. The number of pyridine rings is 1. The normalized spacial score (nSPS) is 17.8. The predicted molar refractivity (Wildman–Crippen MR) is 86.4 cm³/mol. The van der Waals surface area contributed by atoms with Crippen LogP contribution in [-0.4, -0.2) is 39.5 Å². The average Bonchev–Trinajstić information content (AvgIpc) is 3.09. The largest absolute Gasteiger partial charge is 0.480 e. The molecular formula is C16H21N5O2. The van der Waals surface area contributed by atoms with Crippen LogP contribution in [0.4, 0.5) is 10.5 Å². The van der Waals surface area contributed by atoms with E-state index in [9.17, 15) is 4.79 Å². The maximum absolute atomic E-state index is 12.7. The van der Waals surface area contributed by atoms with Crippen LogP contribution in [0, 0.1) is 6.92 Å². The van der Waals surface area contributed by atoms with Crippen molar-refractivity contribution in [2.24, 2.45) is 0 Å². The Labute approximate surface area is 135 Å². The zero-order valence-electron chi connectivity index (χ0n) is 13.4. The van der Waals surface area contributed by atoms with Crippen molar-refractivity contribution in [1.29, 1.82) is 0 Å². The molecule has 3 rings (SSSR count). The van der Waals surface area contributed by atoms with Crippen molar-refractivity contribution in [2.45, 2.75) is 32.2 Å².